The van der Waals surface area contributed by atoms with Gasteiger partial charge in [0.2, 0.25) is 5.91 Å². The molecule has 2 rings (SSSR count). The van der Waals surface area contributed by atoms with Crippen molar-refractivity contribution in [1.29, 1.82) is 0 Å². The van der Waals surface area contributed by atoms with E-state index in [0.717, 1.165) is 11.8 Å². The number of thiazole rings is 1. The van der Waals surface area contributed by atoms with E-state index in [1.165, 1.54) is 18.4 Å². The summed E-state index contributed by atoms with van der Waals surface area (Å²) in [5.41, 5.74) is 1.51. The van der Waals surface area contributed by atoms with Gasteiger partial charge in [-0.2, -0.15) is 0 Å². The zero-order valence-corrected chi connectivity index (χ0v) is 15.1. The van der Waals surface area contributed by atoms with Gasteiger partial charge in [-0.05, 0) is 31.1 Å². The Morgan fingerprint density at radius 3 is 2.77 bits per heavy atom. The summed E-state index contributed by atoms with van der Waals surface area (Å²) in [5, 5.41) is 7.60. The summed E-state index contributed by atoms with van der Waals surface area (Å²) in [5.74, 6) is -1.03. The first-order valence-corrected chi connectivity index (χ1v) is 8.76. The lowest BCUT2D eigenvalue weighted by atomic mass is 10.1. The summed E-state index contributed by atoms with van der Waals surface area (Å²) < 4.78 is 4.59. The molecule has 0 aliphatic heterocycles. The first-order chi connectivity index (χ1) is 12.5. The first kappa shape index (κ1) is 19.3. The monoisotopic (exact) mass is 373 g/mol. The molecule has 8 heteroatoms. The van der Waals surface area contributed by atoms with Gasteiger partial charge >= 0.3 is 5.97 Å². The van der Waals surface area contributed by atoms with Gasteiger partial charge in [-0.15, -0.1) is 11.3 Å². The van der Waals surface area contributed by atoms with Gasteiger partial charge in [0.15, 0.2) is 5.13 Å². The van der Waals surface area contributed by atoms with Crippen LogP contribution in [-0.4, -0.2) is 29.9 Å². The number of benzene rings is 1. The van der Waals surface area contributed by atoms with Crippen molar-refractivity contribution in [2.75, 3.05) is 17.7 Å². The highest BCUT2D eigenvalue weighted by molar-refractivity contribution is 7.14. The van der Waals surface area contributed by atoms with Crippen LogP contribution in [0.1, 0.15) is 28.9 Å². The van der Waals surface area contributed by atoms with E-state index in [1.807, 2.05) is 5.38 Å². The smallest absolute Gasteiger partial charge is 0.305 e. The summed E-state index contributed by atoms with van der Waals surface area (Å²) in [6.07, 6.45) is 2.70. The topological polar surface area (TPSA) is 97.4 Å². The molecule has 2 N–H and O–H groups in total. The van der Waals surface area contributed by atoms with E-state index in [2.05, 4.69) is 26.9 Å². The largest absolute Gasteiger partial charge is 0.469 e. The molecule has 7 nitrogen and oxygen atoms in total. The number of hydrogen-bond donors (Lipinski definition) is 2. The quantitative estimate of drug-likeness (QED) is 0.548. The molecule has 2 aromatic rings. The van der Waals surface area contributed by atoms with Crippen molar-refractivity contribution >= 4 is 39.9 Å². The highest BCUT2D eigenvalue weighted by atomic mass is 32.1. The predicted molar refractivity (Wildman–Crippen MR) is 100 cm³/mol. The number of nitrogens with one attached hydrogen (secondary N) is 2. The van der Waals surface area contributed by atoms with Gasteiger partial charge in [-0.3, -0.25) is 19.7 Å². The number of hydrogen-bond acceptors (Lipinski definition) is 6. The Morgan fingerprint density at radius 1 is 1.27 bits per heavy atom. The normalized spacial score (nSPS) is 10.0. The first-order valence-electron chi connectivity index (χ1n) is 7.88. The number of carbonyl (C=O) groups is 3. The van der Waals surface area contributed by atoms with E-state index in [0.29, 0.717) is 35.6 Å². The van der Waals surface area contributed by atoms with Crippen LogP contribution >= 0.6 is 11.3 Å². The Bertz CT molecular complexity index is 816. The summed E-state index contributed by atoms with van der Waals surface area (Å²) in [4.78, 5) is 39.4. The molecule has 0 saturated carbocycles. The number of para-hydroxylation sites is 1. The van der Waals surface area contributed by atoms with Crippen LogP contribution in [0.4, 0.5) is 10.8 Å². The molecule has 0 saturated heterocycles. The minimum Gasteiger partial charge on any atom is -0.469 e. The number of carbonyl (C=O) groups excluding carboxylic acids is 3. The van der Waals surface area contributed by atoms with Crippen LogP contribution in [0.2, 0.25) is 0 Å². The highest BCUT2D eigenvalue weighted by Crippen LogP contribution is 2.21. The zero-order chi connectivity index (χ0) is 18.9. The van der Waals surface area contributed by atoms with Gasteiger partial charge in [0, 0.05) is 11.8 Å². The minimum atomic E-state index is -0.396. The van der Waals surface area contributed by atoms with E-state index in [9.17, 15) is 14.4 Å². The molecule has 26 heavy (non-hydrogen) atoms. The molecular weight excluding hydrogens is 354 g/mol. The number of anilines is 2. The van der Waals surface area contributed by atoms with Crippen molar-refractivity contribution in [3.63, 3.8) is 0 Å². The number of amides is 2. The van der Waals surface area contributed by atoms with Crippen molar-refractivity contribution in [3.8, 4) is 0 Å². The predicted octanol–water partition coefficient (Wildman–Crippen LogP) is 3.02. The molecule has 0 aliphatic rings. The number of esters is 1. The third-order valence-corrected chi connectivity index (χ3v) is 4.24. The van der Waals surface area contributed by atoms with E-state index in [1.54, 1.807) is 24.3 Å². The van der Waals surface area contributed by atoms with Crippen LogP contribution in [0, 0.1) is 0 Å². The lowest BCUT2D eigenvalue weighted by Gasteiger charge is -2.09. The number of rotatable bonds is 8. The minimum absolute atomic E-state index is 0.257. The number of methoxy groups -OCH3 is 1. The molecule has 2 amide bonds. The van der Waals surface area contributed by atoms with Crippen LogP contribution in [-0.2, 0) is 20.7 Å². The molecule has 0 aliphatic carbocycles. The molecule has 0 fully saturated rings. The Morgan fingerprint density at radius 2 is 2.04 bits per heavy atom. The van der Waals surface area contributed by atoms with Gasteiger partial charge in [0.25, 0.3) is 5.91 Å². The van der Waals surface area contributed by atoms with Crippen LogP contribution in [0.3, 0.4) is 0 Å². The summed E-state index contributed by atoms with van der Waals surface area (Å²) >= 11 is 1.30. The lowest BCUT2D eigenvalue weighted by Crippen LogP contribution is -2.16. The third-order valence-electron chi connectivity index (χ3n) is 3.43. The molecule has 1 heterocycles. The van der Waals surface area contributed by atoms with Gasteiger partial charge in [-0.1, -0.05) is 18.7 Å². The molecule has 0 unspecified atom stereocenters. The number of aryl methyl sites for hydroxylation is 1. The van der Waals surface area contributed by atoms with Crippen molar-refractivity contribution in [3.05, 3.63) is 53.6 Å². The summed E-state index contributed by atoms with van der Waals surface area (Å²) in [6.45, 7) is 3.39. The lowest BCUT2D eigenvalue weighted by molar-refractivity contribution is -0.140. The standard InChI is InChI=1S/C18H19N3O4S/c1-3-15(22)20-14-9-5-4-8-13(14)17(24)21-18-19-12(11-26-18)7-6-10-16(23)25-2/h3-5,8-9,11H,1,6-7,10H2,2H3,(H,20,22)(H,19,21,24). The van der Waals surface area contributed by atoms with E-state index >= 15 is 0 Å². The molecular formula is C18H19N3O4S. The molecule has 1 aromatic heterocycles. The third kappa shape index (κ3) is 5.52. The van der Waals surface area contributed by atoms with Crippen molar-refractivity contribution in [2.45, 2.75) is 19.3 Å². The fourth-order valence-electron chi connectivity index (χ4n) is 2.13. The fourth-order valence-corrected chi connectivity index (χ4v) is 2.87. The second-order valence-corrected chi connectivity index (χ2v) is 6.12. The molecule has 0 radical (unpaired) electrons. The van der Waals surface area contributed by atoms with Crippen LogP contribution < -0.4 is 10.6 Å². The summed E-state index contributed by atoms with van der Waals surface area (Å²) in [7, 11) is 1.36. The van der Waals surface area contributed by atoms with Crippen molar-refractivity contribution in [1.82, 2.24) is 4.98 Å². The second-order valence-electron chi connectivity index (χ2n) is 5.27. The molecule has 0 spiro atoms. The maximum atomic E-state index is 12.5. The number of ether oxygens (including phenoxy) is 1. The number of nitrogens with zero attached hydrogens (tertiary/aromatic N) is 1. The van der Waals surface area contributed by atoms with Gasteiger partial charge in [-0.25, -0.2) is 4.98 Å². The maximum Gasteiger partial charge on any atom is 0.305 e. The van der Waals surface area contributed by atoms with Gasteiger partial charge in [0.1, 0.15) is 0 Å². The maximum absolute atomic E-state index is 12.5. The molecule has 0 atom stereocenters. The van der Waals surface area contributed by atoms with Crippen molar-refractivity contribution in [2.24, 2.45) is 0 Å². The Labute approximate surface area is 155 Å². The fraction of sp³-hybridized carbons (Fsp3) is 0.222. The number of aromatic nitrogens is 1. The van der Waals surface area contributed by atoms with Crippen molar-refractivity contribution < 1.29 is 19.1 Å². The highest BCUT2D eigenvalue weighted by Gasteiger charge is 2.14. The molecule has 1 aromatic carbocycles. The van der Waals surface area contributed by atoms with E-state index < -0.39 is 5.91 Å². The molecule has 136 valence electrons. The van der Waals surface area contributed by atoms with Crippen LogP contribution in [0.15, 0.2) is 42.3 Å². The summed E-state index contributed by atoms with van der Waals surface area (Å²) in [6, 6.07) is 6.67. The molecule has 0 bridgehead atoms. The second kappa shape index (κ2) is 9.47. The van der Waals surface area contributed by atoms with Crippen LogP contribution in [0.5, 0.6) is 0 Å². The van der Waals surface area contributed by atoms with Gasteiger partial charge in [0.05, 0.1) is 24.1 Å². The van der Waals surface area contributed by atoms with Gasteiger partial charge < -0.3 is 10.1 Å². The Balaban J connectivity index is 1.99. The Kier molecular flexibility index (Phi) is 7.04. The van der Waals surface area contributed by atoms with Crippen LogP contribution in [0.25, 0.3) is 0 Å². The average molecular weight is 373 g/mol. The van der Waals surface area contributed by atoms with E-state index in [-0.39, 0.29) is 11.9 Å². The van der Waals surface area contributed by atoms with E-state index in [4.69, 9.17) is 0 Å². The zero-order valence-electron chi connectivity index (χ0n) is 14.3. The Hall–Kier alpha value is -3.00. The SMILES string of the molecule is C=CC(=O)Nc1ccccc1C(=O)Nc1nc(CCCC(=O)OC)cs1. The average Bonchev–Trinajstić information content (AvgIpc) is 3.08.